The van der Waals surface area contributed by atoms with Gasteiger partial charge in [0.2, 0.25) is 0 Å². The number of carbonyl (C=O) groups excluding carboxylic acids is 1. The van der Waals surface area contributed by atoms with Crippen molar-refractivity contribution in [3.8, 4) is 17.6 Å². The molecule has 0 amide bonds. The van der Waals surface area contributed by atoms with Crippen molar-refractivity contribution in [2.75, 3.05) is 5.73 Å². The first-order chi connectivity index (χ1) is 10.7. The van der Waals surface area contributed by atoms with Crippen LogP contribution >= 0.6 is 0 Å². The predicted molar refractivity (Wildman–Crippen MR) is 89.5 cm³/mol. The fourth-order valence-corrected chi connectivity index (χ4v) is 2.72. The Morgan fingerprint density at radius 3 is 2.82 bits per heavy atom. The van der Waals surface area contributed by atoms with Gasteiger partial charge in [0.1, 0.15) is 0 Å². The molecule has 1 fully saturated rings. The second-order valence-electron chi connectivity index (χ2n) is 5.88. The highest BCUT2D eigenvalue weighted by Gasteiger charge is 2.25. The summed E-state index contributed by atoms with van der Waals surface area (Å²) in [7, 11) is 0. The van der Waals surface area contributed by atoms with Gasteiger partial charge in [-0.2, -0.15) is 0 Å². The van der Waals surface area contributed by atoms with Crippen molar-refractivity contribution >= 4 is 11.7 Å². The number of benzene rings is 1. The number of rotatable bonds is 5. The van der Waals surface area contributed by atoms with Crippen molar-refractivity contribution in [2.45, 2.75) is 58.3 Å². The molecule has 118 valence electrons. The third-order valence-corrected chi connectivity index (χ3v) is 4.09. The second kappa shape index (κ2) is 8.48. The minimum absolute atomic E-state index is 0.0307. The molecule has 3 nitrogen and oxygen atoms in total. The van der Waals surface area contributed by atoms with Gasteiger partial charge in [-0.15, -0.1) is 0 Å². The van der Waals surface area contributed by atoms with Crippen LogP contribution in [0, 0.1) is 17.8 Å². The van der Waals surface area contributed by atoms with Crippen molar-refractivity contribution in [3.05, 3.63) is 23.8 Å². The molecule has 0 saturated heterocycles. The van der Waals surface area contributed by atoms with Crippen molar-refractivity contribution in [3.63, 3.8) is 0 Å². The number of nitrogen functional groups attached to an aromatic ring is 1. The highest BCUT2D eigenvalue weighted by atomic mass is 16.5. The molecule has 0 unspecified atom stereocenters. The van der Waals surface area contributed by atoms with Crippen LogP contribution in [0.4, 0.5) is 5.69 Å². The normalized spacial score (nSPS) is 14.4. The van der Waals surface area contributed by atoms with E-state index >= 15 is 0 Å². The molecule has 1 aromatic carbocycles. The van der Waals surface area contributed by atoms with E-state index in [1.807, 2.05) is 12.1 Å². The van der Waals surface area contributed by atoms with Gasteiger partial charge >= 0.3 is 5.97 Å². The summed E-state index contributed by atoms with van der Waals surface area (Å²) in [6.07, 6.45) is 8.45. The Morgan fingerprint density at radius 2 is 2.09 bits per heavy atom. The summed E-state index contributed by atoms with van der Waals surface area (Å²) >= 11 is 0. The SMILES string of the molecule is CCCCCC#Cc1cccc(OC(=O)C2CCCC2)c1N. The molecular formula is C19H25NO2. The van der Waals surface area contributed by atoms with Crippen LogP contribution in [-0.4, -0.2) is 5.97 Å². The maximum Gasteiger partial charge on any atom is 0.314 e. The van der Waals surface area contributed by atoms with Gasteiger partial charge in [0.15, 0.2) is 5.75 Å². The lowest BCUT2D eigenvalue weighted by Gasteiger charge is -2.11. The molecule has 0 heterocycles. The van der Waals surface area contributed by atoms with Crippen LogP contribution in [0.3, 0.4) is 0 Å². The lowest BCUT2D eigenvalue weighted by Crippen LogP contribution is -2.18. The van der Waals surface area contributed by atoms with Crippen LogP contribution < -0.4 is 10.5 Å². The van der Waals surface area contributed by atoms with E-state index in [-0.39, 0.29) is 11.9 Å². The molecule has 0 bridgehead atoms. The summed E-state index contributed by atoms with van der Waals surface area (Å²) in [5, 5.41) is 0. The topological polar surface area (TPSA) is 52.3 Å². The van der Waals surface area contributed by atoms with E-state index in [2.05, 4.69) is 18.8 Å². The van der Waals surface area contributed by atoms with Crippen LogP contribution in [0.25, 0.3) is 0 Å². The van der Waals surface area contributed by atoms with Gasteiger partial charge in [0.25, 0.3) is 0 Å². The molecular weight excluding hydrogens is 274 g/mol. The first-order valence-corrected chi connectivity index (χ1v) is 8.31. The number of carbonyl (C=O) groups is 1. The van der Waals surface area contributed by atoms with Crippen LogP contribution in [0.5, 0.6) is 5.75 Å². The smallest absolute Gasteiger partial charge is 0.314 e. The third kappa shape index (κ3) is 4.53. The number of hydrogen-bond acceptors (Lipinski definition) is 3. The molecule has 0 radical (unpaired) electrons. The predicted octanol–water partition coefficient (Wildman–Crippen LogP) is 4.30. The fraction of sp³-hybridized carbons (Fsp3) is 0.526. The number of nitrogens with two attached hydrogens (primary N) is 1. The number of para-hydroxylation sites is 1. The minimum Gasteiger partial charge on any atom is -0.424 e. The summed E-state index contributed by atoms with van der Waals surface area (Å²) < 4.78 is 5.48. The maximum atomic E-state index is 12.1. The van der Waals surface area contributed by atoms with E-state index < -0.39 is 0 Å². The van der Waals surface area contributed by atoms with Crippen molar-refractivity contribution in [1.29, 1.82) is 0 Å². The number of hydrogen-bond donors (Lipinski definition) is 1. The lowest BCUT2D eigenvalue weighted by atomic mass is 10.1. The minimum atomic E-state index is -0.155. The monoisotopic (exact) mass is 299 g/mol. The fourth-order valence-electron chi connectivity index (χ4n) is 2.72. The molecule has 0 aliphatic heterocycles. The summed E-state index contributed by atoms with van der Waals surface area (Å²) in [4.78, 5) is 12.1. The van der Waals surface area contributed by atoms with Crippen LogP contribution in [0.15, 0.2) is 18.2 Å². The Bertz CT molecular complexity index is 563. The number of unbranched alkanes of at least 4 members (excludes halogenated alkanes) is 3. The Kier molecular flexibility index (Phi) is 6.33. The number of anilines is 1. The molecule has 0 aromatic heterocycles. The van der Waals surface area contributed by atoms with E-state index in [4.69, 9.17) is 10.5 Å². The molecule has 2 N–H and O–H groups in total. The van der Waals surface area contributed by atoms with E-state index in [0.29, 0.717) is 11.4 Å². The third-order valence-electron chi connectivity index (χ3n) is 4.09. The summed E-state index contributed by atoms with van der Waals surface area (Å²) in [6.45, 7) is 2.17. The number of ether oxygens (including phenoxy) is 1. The van der Waals surface area contributed by atoms with Gasteiger partial charge in [-0.1, -0.05) is 50.5 Å². The molecule has 22 heavy (non-hydrogen) atoms. The van der Waals surface area contributed by atoms with Gasteiger partial charge in [-0.25, -0.2) is 0 Å². The first-order valence-electron chi connectivity index (χ1n) is 8.31. The molecule has 1 aliphatic rings. The summed E-state index contributed by atoms with van der Waals surface area (Å²) in [6, 6.07) is 5.45. The molecule has 0 spiro atoms. The van der Waals surface area contributed by atoms with Gasteiger partial charge in [0.05, 0.1) is 17.2 Å². The zero-order valence-corrected chi connectivity index (χ0v) is 13.4. The van der Waals surface area contributed by atoms with Crippen molar-refractivity contribution in [2.24, 2.45) is 5.92 Å². The average molecular weight is 299 g/mol. The van der Waals surface area contributed by atoms with Gasteiger partial charge < -0.3 is 10.5 Å². The molecule has 0 atom stereocenters. The Balaban J connectivity index is 2.00. The molecule has 3 heteroatoms. The van der Waals surface area contributed by atoms with E-state index in [0.717, 1.165) is 44.1 Å². The van der Waals surface area contributed by atoms with Crippen LogP contribution in [0.2, 0.25) is 0 Å². The molecule has 1 aliphatic carbocycles. The van der Waals surface area contributed by atoms with E-state index in [1.165, 1.54) is 12.8 Å². The largest absolute Gasteiger partial charge is 0.424 e. The summed E-state index contributed by atoms with van der Waals surface area (Å²) in [5.41, 5.74) is 7.30. The van der Waals surface area contributed by atoms with Crippen LogP contribution in [0.1, 0.15) is 63.9 Å². The van der Waals surface area contributed by atoms with E-state index in [9.17, 15) is 4.79 Å². The van der Waals surface area contributed by atoms with Crippen LogP contribution in [-0.2, 0) is 4.79 Å². The quantitative estimate of drug-likeness (QED) is 0.290. The Labute approximate surface area is 133 Å². The van der Waals surface area contributed by atoms with E-state index in [1.54, 1.807) is 6.07 Å². The van der Waals surface area contributed by atoms with Gasteiger partial charge in [0, 0.05) is 6.42 Å². The van der Waals surface area contributed by atoms with Gasteiger partial charge in [-0.3, -0.25) is 4.79 Å². The summed E-state index contributed by atoms with van der Waals surface area (Å²) in [5.74, 6) is 6.55. The zero-order valence-electron chi connectivity index (χ0n) is 13.4. The first kappa shape index (κ1) is 16.4. The Hall–Kier alpha value is -1.95. The van der Waals surface area contributed by atoms with Crippen molar-refractivity contribution < 1.29 is 9.53 Å². The number of esters is 1. The average Bonchev–Trinajstić information content (AvgIpc) is 3.05. The molecule has 1 aromatic rings. The molecule has 2 rings (SSSR count). The lowest BCUT2D eigenvalue weighted by molar-refractivity contribution is -0.138. The molecule has 1 saturated carbocycles. The van der Waals surface area contributed by atoms with Crippen molar-refractivity contribution in [1.82, 2.24) is 0 Å². The highest BCUT2D eigenvalue weighted by molar-refractivity contribution is 5.78. The zero-order chi connectivity index (χ0) is 15.8. The maximum absolute atomic E-state index is 12.1. The Morgan fingerprint density at radius 1 is 1.32 bits per heavy atom. The highest BCUT2D eigenvalue weighted by Crippen LogP contribution is 2.29. The second-order valence-corrected chi connectivity index (χ2v) is 5.88. The standard InChI is InChI=1S/C19H25NO2/c1-2-3-4-5-6-10-15-13-9-14-17(18(15)20)22-19(21)16-11-7-8-12-16/h9,13-14,16H,2-5,7-8,11-12,20H2,1H3. The van der Waals surface area contributed by atoms with Gasteiger partial charge in [-0.05, 0) is 31.4 Å².